The van der Waals surface area contributed by atoms with Gasteiger partial charge in [0.05, 0.1) is 18.7 Å². The topological polar surface area (TPSA) is 150 Å². The lowest BCUT2D eigenvalue weighted by Gasteiger charge is -2.47. The number of carboxylic acids is 1. The number of thioether (sulfide) groups is 1. The van der Waals surface area contributed by atoms with Crippen LogP contribution in [0.5, 0.6) is 5.75 Å². The third kappa shape index (κ3) is 8.64. The smallest absolute Gasteiger partial charge is 0.326 e. The number of carboxylic acid groups (broad SMARTS) is 1. The standard InChI is InChI=1S/C36H39F2N3O7S/c37-25-10-6-23(7-11-25)30(42)21-49-34-33(40(35(34)45)27-14-12-26(38)13-15-27)24-8-16-28(17-9-24)48-20-32(44)41(31(43)19-39)29(36(46)47)18-22-4-2-1-3-5-22/h6-17,22,29-30,33-34,42H,1-5,18-21,39H2,(H,46,47)/t29-,30?,33-,34-/m1/s1. The van der Waals surface area contributed by atoms with Gasteiger partial charge in [-0.25, -0.2) is 13.6 Å². The van der Waals surface area contributed by atoms with Crippen LogP contribution in [0.25, 0.3) is 0 Å². The van der Waals surface area contributed by atoms with Crippen LogP contribution in [0.3, 0.4) is 0 Å². The van der Waals surface area contributed by atoms with Crippen molar-refractivity contribution >= 4 is 41.1 Å². The maximum absolute atomic E-state index is 13.7. The monoisotopic (exact) mass is 695 g/mol. The number of hydrogen-bond donors (Lipinski definition) is 3. The van der Waals surface area contributed by atoms with Gasteiger partial charge in [-0.05, 0) is 72.0 Å². The Kier molecular flexibility index (Phi) is 12.0. The number of carbonyl (C=O) groups excluding carboxylic acids is 3. The number of halogens is 2. The Bertz CT molecular complexity index is 1620. The van der Waals surface area contributed by atoms with Gasteiger partial charge in [0.1, 0.15) is 28.7 Å². The van der Waals surface area contributed by atoms with E-state index >= 15 is 0 Å². The van der Waals surface area contributed by atoms with Crippen LogP contribution in [0.1, 0.15) is 61.8 Å². The molecule has 10 nitrogen and oxygen atoms in total. The fraction of sp³-hybridized carbons (Fsp3) is 0.389. The first-order valence-electron chi connectivity index (χ1n) is 16.2. The number of rotatable bonds is 14. The molecular weight excluding hydrogens is 656 g/mol. The minimum absolute atomic E-state index is 0.0882. The zero-order valence-corrected chi connectivity index (χ0v) is 27.6. The predicted octanol–water partition coefficient (Wildman–Crippen LogP) is 5.00. The molecule has 0 aromatic heterocycles. The van der Waals surface area contributed by atoms with Crippen LogP contribution in [-0.2, 0) is 19.2 Å². The molecule has 4 atom stereocenters. The second-order valence-corrected chi connectivity index (χ2v) is 13.4. The van der Waals surface area contributed by atoms with Gasteiger partial charge < -0.3 is 25.6 Å². The molecule has 0 bridgehead atoms. The highest BCUT2D eigenvalue weighted by Gasteiger charge is 2.49. The number of nitrogens with zero attached hydrogens (tertiary/aromatic N) is 2. The maximum Gasteiger partial charge on any atom is 0.326 e. The summed E-state index contributed by atoms with van der Waals surface area (Å²) in [6.07, 6.45) is 3.92. The Hall–Kier alpha value is -4.33. The number of aliphatic hydroxyl groups is 1. The lowest BCUT2D eigenvalue weighted by Crippen LogP contribution is -2.57. The van der Waals surface area contributed by atoms with Crippen LogP contribution in [0.15, 0.2) is 72.8 Å². The summed E-state index contributed by atoms with van der Waals surface area (Å²) in [6.45, 7) is -1.12. The highest BCUT2D eigenvalue weighted by molar-refractivity contribution is 8.00. The average Bonchev–Trinajstić information content (AvgIpc) is 3.11. The van der Waals surface area contributed by atoms with Gasteiger partial charge in [0.25, 0.3) is 5.91 Å². The molecule has 13 heteroatoms. The molecule has 2 fully saturated rings. The van der Waals surface area contributed by atoms with Gasteiger partial charge in [0.2, 0.25) is 11.8 Å². The number of amides is 3. The summed E-state index contributed by atoms with van der Waals surface area (Å²) < 4.78 is 32.7. The molecule has 1 aliphatic carbocycles. The number of aliphatic hydroxyl groups excluding tert-OH is 1. The first-order valence-corrected chi connectivity index (χ1v) is 17.3. The Morgan fingerprint density at radius 3 is 2.12 bits per heavy atom. The Balaban J connectivity index is 1.28. The van der Waals surface area contributed by atoms with Gasteiger partial charge in [0.15, 0.2) is 6.61 Å². The van der Waals surface area contributed by atoms with Gasteiger partial charge >= 0.3 is 5.97 Å². The van der Waals surface area contributed by atoms with Gasteiger partial charge in [0, 0.05) is 11.4 Å². The molecule has 2 aliphatic rings. The lowest BCUT2D eigenvalue weighted by atomic mass is 9.84. The lowest BCUT2D eigenvalue weighted by molar-refractivity contribution is -0.159. The van der Waals surface area contributed by atoms with E-state index in [-0.39, 0.29) is 29.7 Å². The molecule has 1 saturated heterocycles. The van der Waals surface area contributed by atoms with E-state index in [9.17, 15) is 38.2 Å². The van der Waals surface area contributed by atoms with E-state index in [0.29, 0.717) is 21.7 Å². The minimum atomic E-state index is -1.35. The number of imide groups is 1. The molecule has 4 N–H and O–H groups in total. The first-order chi connectivity index (χ1) is 23.6. The fourth-order valence-electron chi connectivity index (χ4n) is 6.43. The normalized spacial score (nSPS) is 19.1. The molecule has 1 aliphatic heterocycles. The summed E-state index contributed by atoms with van der Waals surface area (Å²) >= 11 is 1.25. The SMILES string of the molecule is NCC(=O)N(C(=O)COc1ccc([C@@H]2[C@@H](SCC(O)c3ccc(F)cc3)C(=O)N2c2ccc(F)cc2)cc1)[C@H](CC1CCCCC1)C(=O)O. The van der Waals surface area contributed by atoms with E-state index in [2.05, 4.69) is 0 Å². The summed E-state index contributed by atoms with van der Waals surface area (Å²) in [7, 11) is 0. The Labute approximate surface area is 287 Å². The average molecular weight is 696 g/mol. The molecule has 3 aromatic carbocycles. The quantitative estimate of drug-likeness (QED) is 0.198. The molecule has 0 radical (unpaired) electrons. The van der Waals surface area contributed by atoms with Crippen LogP contribution in [0.4, 0.5) is 14.5 Å². The van der Waals surface area contributed by atoms with Crippen molar-refractivity contribution in [3.8, 4) is 5.75 Å². The molecule has 1 saturated carbocycles. The van der Waals surface area contributed by atoms with Crippen molar-refractivity contribution in [1.29, 1.82) is 0 Å². The Morgan fingerprint density at radius 1 is 0.918 bits per heavy atom. The van der Waals surface area contributed by atoms with Crippen LogP contribution in [0.2, 0.25) is 0 Å². The third-order valence-electron chi connectivity index (χ3n) is 9.01. The van der Waals surface area contributed by atoms with Crippen molar-refractivity contribution in [2.75, 3.05) is 23.8 Å². The van der Waals surface area contributed by atoms with E-state index < -0.39 is 66.0 Å². The van der Waals surface area contributed by atoms with E-state index in [1.165, 1.54) is 65.2 Å². The van der Waals surface area contributed by atoms with Crippen LogP contribution < -0.4 is 15.4 Å². The van der Waals surface area contributed by atoms with E-state index in [1.807, 2.05) is 0 Å². The van der Waals surface area contributed by atoms with Crippen molar-refractivity contribution in [3.05, 3.63) is 95.6 Å². The van der Waals surface area contributed by atoms with Crippen LogP contribution in [-0.4, -0.2) is 69.0 Å². The number of benzene rings is 3. The van der Waals surface area contributed by atoms with Gasteiger partial charge in [-0.15, -0.1) is 11.8 Å². The highest BCUT2D eigenvalue weighted by Crippen LogP contribution is 2.46. The molecular formula is C36H39F2N3O7S. The summed E-state index contributed by atoms with van der Waals surface area (Å²) in [4.78, 5) is 53.8. The first kappa shape index (κ1) is 36.0. The molecule has 49 heavy (non-hydrogen) atoms. The molecule has 1 heterocycles. The third-order valence-corrected chi connectivity index (χ3v) is 10.3. The second kappa shape index (κ2) is 16.4. The summed E-state index contributed by atoms with van der Waals surface area (Å²) in [5.74, 6) is -3.47. The van der Waals surface area contributed by atoms with Crippen LogP contribution in [0, 0.1) is 17.6 Å². The van der Waals surface area contributed by atoms with Crippen molar-refractivity contribution in [2.45, 2.75) is 62.0 Å². The van der Waals surface area contributed by atoms with Gasteiger partial charge in [-0.3, -0.25) is 19.3 Å². The number of β-lactam (4-membered cyclic amide) rings is 1. The number of nitrogens with two attached hydrogens (primary N) is 1. The van der Waals surface area contributed by atoms with E-state index in [1.54, 1.807) is 24.3 Å². The van der Waals surface area contributed by atoms with Crippen molar-refractivity contribution in [3.63, 3.8) is 0 Å². The largest absolute Gasteiger partial charge is 0.484 e. The van der Waals surface area contributed by atoms with E-state index in [0.717, 1.165) is 32.1 Å². The Morgan fingerprint density at radius 2 is 1.53 bits per heavy atom. The second-order valence-electron chi connectivity index (χ2n) is 12.3. The highest BCUT2D eigenvalue weighted by atomic mass is 32.2. The summed E-state index contributed by atoms with van der Waals surface area (Å²) in [5.41, 5.74) is 7.26. The number of carbonyl (C=O) groups is 4. The van der Waals surface area contributed by atoms with Gasteiger partial charge in [-0.1, -0.05) is 56.4 Å². The van der Waals surface area contributed by atoms with Crippen molar-refractivity contribution in [2.24, 2.45) is 11.7 Å². The molecule has 5 rings (SSSR count). The molecule has 1 unspecified atom stereocenters. The number of aliphatic carboxylic acids is 1. The molecule has 3 aromatic rings. The molecule has 260 valence electrons. The zero-order chi connectivity index (χ0) is 35.1. The van der Waals surface area contributed by atoms with Crippen LogP contribution >= 0.6 is 11.8 Å². The maximum atomic E-state index is 13.7. The molecule has 3 amide bonds. The predicted molar refractivity (Wildman–Crippen MR) is 180 cm³/mol. The van der Waals surface area contributed by atoms with Crippen molar-refractivity contribution in [1.82, 2.24) is 4.90 Å². The van der Waals surface area contributed by atoms with Crippen molar-refractivity contribution < 1.29 is 42.9 Å². The number of ether oxygens (including phenoxy) is 1. The zero-order valence-electron chi connectivity index (χ0n) is 26.8. The van der Waals surface area contributed by atoms with Gasteiger partial charge in [-0.2, -0.15) is 0 Å². The number of anilines is 1. The molecule has 0 spiro atoms. The summed E-state index contributed by atoms with van der Waals surface area (Å²) in [5, 5.41) is 20.1. The van der Waals surface area contributed by atoms with E-state index in [4.69, 9.17) is 10.5 Å². The minimum Gasteiger partial charge on any atom is -0.484 e. The fourth-order valence-corrected chi connectivity index (χ4v) is 7.73. The summed E-state index contributed by atoms with van der Waals surface area (Å²) in [6, 6.07) is 15.8. The number of hydrogen-bond acceptors (Lipinski definition) is 8.